The zero-order valence-corrected chi connectivity index (χ0v) is 14.0. The lowest BCUT2D eigenvalue weighted by Gasteiger charge is -2.11. The molecule has 0 saturated carbocycles. The minimum atomic E-state index is 0.287. The molecule has 0 bridgehead atoms. The van der Waals surface area contributed by atoms with E-state index >= 15 is 0 Å². The Balaban J connectivity index is 1.79. The molecular formula is C15H13Br2NO2. The molecule has 0 fully saturated rings. The first-order chi connectivity index (χ1) is 9.63. The zero-order valence-electron chi connectivity index (χ0n) is 10.9. The van der Waals surface area contributed by atoms with Gasteiger partial charge in [-0.1, -0.05) is 22.0 Å². The lowest BCUT2D eigenvalue weighted by Crippen LogP contribution is -2.01. The van der Waals surface area contributed by atoms with Gasteiger partial charge >= 0.3 is 0 Å². The fourth-order valence-corrected chi connectivity index (χ4v) is 3.07. The van der Waals surface area contributed by atoms with E-state index < -0.39 is 0 Å². The SMILES string of the molecule is Cc1ccc(Br)cc1NCc1cc(Br)c2c(c1)OCO2. The van der Waals surface area contributed by atoms with E-state index in [0.29, 0.717) is 0 Å². The molecule has 0 atom stereocenters. The van der Waals surface area contributed by atoms with Gasteiger partial charge in [-0.25, -0.2) is 0 Å². The molecule has 0 spiro atoms. The van der Waals surface area contributed by atoms with Gasteiger partial charge in [-0.05, 0) is 58.2 Å². The van der Waals surface area contributed by atoms with Gasteiger partial charge in [0, 0.05) is 16.7 Å². The largest absolute Gasteiger partial charge is 0.454 e. The average Bonchev–Trinajstić information content (AvgIpc) is 2.89. The fourth-order valence-electron chi connectivity index (χ4n) is 2.10. The van der Waals surface area contributed by atoms with E-state index in [2.05, 4.69) is 56.2 Å². The predicted molar refractivity (Wildman–Crippen MR) is 86.5 cm³/mol. The second-order valence-corrected chi connectivity index (χ2v) is 6.39. The van der Waals surface area contributed by atoms with Crippen LogP contribution in [0.15, 0.2) is 39.3 Å². The number of ether oxygens (including phenoxy) is 2. The van der Waals surface area contributed by atoms with E-state index in [9.17, 15) is 0 Å². The summed E-state index contributed by atoms with van der Waals surface area (Å²) in [5.41, 5.74) is 3.47. The minimum Gasteiger partial charge on any atom is -0.454 e. The highest BCUT2D eigenvalue weighted by molar-refractivity contribution is 9.10. The Morgan fingerprint density at radius 3 is 2.85 bits per heavy atom. The molecule has 0 aliphatic carbocycles. The predicted octanol–water partition coefficient (Wildman–Crippen LogP) is 4.86. The van der Waals surface area contributed by atoms with Crippen LogP contribution in [0, 0.1) is 6.92 Å². The zero-order chi connectivity index (χ0) is 14.1. The number of nitrogens with one attached hydrogen (secondary N) is 1. The third kappa shape index (κ3) is 2.79. The van der Waals surface area contributed by atoms with Crippen molar-refractivity contribution >= 4 is 37.5 Å². The summed E-state index contributed by atoms with van der Waals surface area (Å²) in [5.74, 6) is 1.58. The molecule has 0 unspecified atom stereocenters. The second kappa shape index (κ2) is 5.66. The molecule has 1 heterocycles. The third-order valence-electron chi connectivity index (χ3n) is 3.17. The second-order valence-electron chi connectivity index (χ2n) is 4.62. The summed E-state index contributed by atoms with van der Waals surface area (Å²) in [6.45, 7) is 3.10. The van der Waals surface area contributed by atoms with E-state index in [1.54, 1.807) is 0 Å². The van der Waals surface area contributed by atoms with Crippen molar-refractivity contribution in [2.24, 2.45) is 0 Å². The van der Waals surface area contributed by atoms with Gasteiger partial charge in [0.25, 0.3) is 0 Å². The minimum absolute atomic E-state index is 0.287. The monoisotopic (exact) mass is 397 g/mol. The number of anilines is 1. The van der Waals surface area contributed by atoms with Gasteiger partial charge in [0.15, 0.2) is 11.5 Å². The maximum atomic E-state index is 5.43. The molecule has 3 rings (SSSR count). The molecule has 104 valence electrons. The Bertz CT molecular complexity index is 659. The summed E-state index contributed by atoms with van der Waals surface area (Å²) in [4.78, 5) is 0. The van der Waals surface area contributed by atoms with Gasteiger partial charge in [-0.3, -0.25) is 0 Å². The van der Waals surface area contributed by atoms with E-state index in [1.807, 2.05) is 18.2 Å². The van der Waals surface area contributed by atoms with Crippen molar-refractivity contribution in [3.63, 3.8) is 0 Å². The number of hydrogen-bond donors (Lipinski definition) is 1. The number of aryl methyl sites for hydroxylation is 1. The van der Waals surface area contributed by atoms with E-state index in [1.165, 1.54) is 5.56 Å². The van der Waals surface area contributed by atoms with Gasteiger partial charge in [0.1, 0.15) is 0 Å². The molecular weight excluding hydrogens is 386 g/mol. The van der Waals surface area contributed by atoms with Crippen LogP contribution in [-0.4, -0.2) is 6.79 Å². The number of hydrogen-bond acceptors (Lipinski definition) is 3. The Kier molecular flexibility index (Phi) is 3.89. The molecule has 2 aromatic rings. The standard InChI is InChI=1S/C15H13Br2NO2/c1-9-2-3-11(16)6-13(9)18-7-10-4-12(17)15-14(5-10)19-8-20-15/h2-6,18H,7-8H2,1H3. The van der Waals surface area contributed by atoms with Gasteiger partial charge in [0.2, 0.25) is 6.79 Å². The summed E-state index contributed by atoms with van der Waals surface area (Å²) in [6.07, 6.45) is 0. The van der Waals surface area contributed by atoms with Gasteiger partial charge in [0.05, 0.1) is 4.47 Å². The molecule has 0 aromatic heterocycles. The first-order valence-electron chi connectivity index (χ1n) is 6.21. The highest BCUT2D eigenvalue weighted by Gasteiger charge is 2.17. The first kappa shape index (κ1) is 13.8. The van der Waals surface area contributed by atoms with Crippen molar-refractivity contribution in [3.8, 4) is 11.5 Å². The van der Waals surface area contributed by atoms with E-state index in [-0.39, 0.29) is 6.79 Å². The molecule has 1 aliphatic heterocycles. The summed E-state index contributed by atoms with van der Waals surface area (Å²) in [6, 6.07) is 10.3. The molecule has 2 aromatic carbocycles. The number of fused-ring (bicyclic) bond motifs is 1. The summed E-state index contributed by atoms with van der Waals surface area (Å²) in [5, 5.41) is 3.44. The van der Waals surface area contributed by atoms with Crippen LogP contribution < -0.4 is 14.8 Å². The maximum absolute atomic E-state index is 5.43. The smallest absolute Gasteiger partial charge is 0.231 e. The van der Waals surface area contributed by atoms with Crippen LogP contribution in [0.25, 0.3) is 0 Å². The van der Waals surface area contributed by atoms with Crippen molar-refractivity contribution in [2.45, 2.75) is 13.5 Å². The Hall–Kier alpha value is -1.20. The van der Waals surface area contributed by atoms with Crippen molar-refractivity contribution in [3.05, 3.63) is 50.4 Å². The summed E-state index contributed by atoms with van der Waals surface area (Å²) >= 11 is 7.00. The van der Waals surface area contributed by atoms with Gasteiger partial charge in [-0.15, -0.1) is 0 Å². The molecule has 1 aliphatic rings. The third-order valence-corrected chi connectivity index (χ3v) is 4.25. The topological polar surface area (TPSA) is 30.5 Å². The van der Waals surface area contributed by atoms with Crippen molar-refractivity contribution in [1.82, 2.24) is 0 Å². The molecule has 0 amide bonds. The van der Waals surface area contributed by atoms with Crippen LogP contribution in [0.4, 0.5) is 5.69 Å². The van der Waals surface area contributed by atoms with Crippen LogP contribution in [0.3, 0.4) is 0 Å². The highest BCUT2D eigenvalue weighted by atomic mass is 79.9. The fraction of sp³-hybridized carbons (Fsp3) is 0.200. The quantitative estimate of drug-likeness (QED) is 0.800. The van der Waals surface area contributed by atoms with Crippen molar-refractivity contribution < 1.29 is 9.47 Å². The van der Waals surface area contributed by atoms with Crippen LogP contribution in [0.1, 0.15) is 11.1 Å². The number of halogens is 2. The highest BCUT2D eigenvalue weighted by Crippen LogP contribution is 2.40. The number of rotatable bonds is 3. The van der Waals surface area contributed by atoms with Crippen molar-refractivity contribution in [1.29, 1.82) is 0 Å². The normalized spacial score (nSPS) is 12.6. The Morgan fingerprint density at radius 2 is 2.00 bits per heavy atom. The lowest BCUT2D eigenvalue weighted by atomic mass is 10.1. The summed E-state index contributed by atoms with van der Waals surface area (Å²) in [7, 11) is 0. The first-order valence-corrected chi connectivity index (χ1v) is 7.80. The molecule has 5 heteroatoms. The van der Waals surface area contributed by atoms with Gasteiger partial charge in [-0.2, -0.15) is 0 Å². The summed E-state index contributed by atoms with van der Waals surface area (Å²) < 4.78 is 12.8. The lowest BCUT2D eigenvalue weighted by molar-refractivity contribution is 0.173. The Morgan fingerprint density at radius 1 is 1.15 bits per heavy atom. The average molecular weight is 399 g/mol. The van der Waals surface area contributed by atoms with Crippen LogP contribution in [0.2, 0.25) is 0 Å². The Labute approximate surface area is 134 Å². The van der Waals surface area contributed by atoms with Crippen LogP contribution in [0.5, 0.6) is 11.5 Å². The van der Waals surface area contributed by atoms with Crippen LogP contribution in [-0.2, 0) is 6.54 Å². The molecule has 20 heavy (non-hydrogen) atoms. The molecule has 0 radical (unpaired) electrons. The van der Waals surface area contributed by atoms with E-state index in [0.717, 1.165) is 38.2 Å². The van der Waals surface area contributed by atoms with Gasteiger partial charge < -0.3 is 14.8 Å². The number of benzene rings is 2. The maximum Gasteiger partial charge on any atom is 0.231 e. The molecule has 1 N–H and O–H groups in total. The van der Waals surface area contributed by atoms with Crippen molar-refractivity contribution in [2.75, 3.05) is 12.1 Å². The molecule has 3 nitrogen and oxygen atoms in total. The van der Waals surface area contributed by atoms with Crippen LogP contribution >= 0.6 is 31.9 Å². The van der Waals surface area contributed by atoms with E-state index in [4.69, 9.17) is 9.47 Å². The molecule has 0 saturated heterocycles.